The molecule has 1 aromatic rings. The fourth-order valence-corrected chi connectivity index (χ4v) is 2.17. The molecule has 0 aromatic heterocycles. The summed E-state index contributed by atoms with van der Waals surface area (Å²) in [7, 11) is 0. The van der Waals surface area contributed by atoms with Gasteiger partial charge in [-0.15, -0.1) is 0 Å². The molecule has 1 saturated carbocycles. The number of carbonyl (C=O) groups is 1. The van der Waals surface area contributed by atoms with Crippen LogP contribution in [0.5, 0.6) is 0 Å². The van der Waals surface area contributed by atoms with Gasteiger partial charge in [-0.3, -0.25) is 4.79 Å². The van der Waals surface area contributed by atoms with Crippen molar-refractivity contribution < 1.29 is 15.0 Å². The van der Waals surface area contributed by atoms with Crippen LogP contribution in [0.3, 0.4) is 0 Å². The number of benzene rings is 1. The zero-order valence-electron chi connectivity index (χ0n) is 9.53. The zero-order chi connectivity index (χ0) is 11.9. The van der Waals surface area contributed by atoms with Crippen LogP contribution in [0.25, 0.3) is 0 Å². The van der Waals surface area contributed by atoms with Crippen molar-refractivity contribution in [1.82, 2.24) is 0 Å². The van der Waals surface area contributed by atoms with Crippen molar-refractivity contribution in [2.45, 2.75) is 32.8 Å². The van der Waals surface area contributed by atoms with E-state index in [0.29, 0.717) is 12.8 Å². The average Bonchev–Trinajstić information content (AvgIpc) is 2.97. The molecule has 1 unspecified atom stereocenters. The molecule has 86 valence electrons. The Balaban J connectivity index is 2.35. The molecular formula is C13H16O3. The van der Waals surface area contributed by atoms with Crippen molar-refractivity contribution >= 4 is 5.97 Å². The van der Waals surface area contributed by atoms with E-state index in [1.807, 2.05) is 32.0 Å². The summed E-state index contributed by atoms with van der Waals surface area (Å²) in [5.74, 6) is -0.889. The number of aryl methyl sites for hydroxylation is 2. The number of hydrogen-bond acceptors (Lipinski definition) is 2. The van der Waals surface area contributed by atoms with Gasteiger partial charge in [-0.2, -0.15) is 0 Å². The lowest BCUT2D eigenvalue weighted by Gasteiger charge is -2.20. The third-order valence-corrected chi connectivity index (χ3v) is 3.46. The summed E-state index contributed by atoms with van der Waals surface area (Å²) in [6.07, 6.45) is 0.249. The normalized spacial score (nSPS) is 19.2. The van der Waals surface area contributed by atoms with Gasteiger partial charge >= 0.3 is 5.97 Å². The standard InChI is InChI=1S/C13H16O3/c1-8-3-4-10(9(2)7-8)11(14)13(5-6-13)12(15)16/h3-4,7,11,14H,5-6H2,1-2H3,(H,15,16). The van der Waals surface area contributed by atoms with Crippen LogP contribution in [0.2, 0.25) is 0 Å². The second-order valence-electron chi connectivity index (χ2n) is 4.72. The molecule has 0 bridgehead atoms. The first-order chi connectivity index (χ1) is 7.47. The Hall–Kier alpha value is -1.35. The van der Waals surface area contributed by atoms with Crippen LogP contribution in [-0.2, 0) is 4.79 Å². The lowest BCUT2D eigenvalue weighted by molar-refractivity contribution is -0.148. The van der Waals surface area contributed by atoms with Gasteiger partial charge in [0.15, 0.2) is 0 Å². The smallest absolute Gasteiger partial charge is 0.312 e. The maximum Gasteiger partial charge on any atom is 0.312 e. The summed E-state index contributed by atoms with van der Waals surface area (Å²) in [6, 6.07) is 5.71. The molecule has 1 aliphatic rings. The minimum atomic E-state index is -0.931. The molecule has 0 aliphatic heterocycles. The molecule has 0 amide bonds. The van der Waals surface area contributed by atoms with Crippen LogP contribution < -0.4 is 0 Å². The topological polar surface area (TPSA) is 57.5 Å². The lowest BCUT2D eigenvalue weighted by atomic mass is 9.89. The molecule has 1 fully saturated rings. The van der Waals surface area contributed by atoms with Crippen molar-refractivity contribution in [2.24, 2.45) is 5.41 Å². The minimum absolute atomic E-state index is 0.566. The number of aliphatic hydroxyl groups excluding tert-OH is 1. The molecule has 0 radical (unpaired) electrons. The molecule has 3 nitrogen and oxygen atoms in total. The Labute approximate surface area is 94.7 Å². The summed E-state index contributed by atoms with van der Waals surface area (Å²) in [6.45, 7) is 3.89. The molecule has 1 aromatic carbocycles. The van der Waals surface area contributed by atoms with E-state index in [4.69, 9.17) is 5.11 Å². The van der Waals surface area contributed by atoms with Crippen molar-refractivity contribution in [2.75, 3.05) is 0 Å². The molecule has 0 saturated heterocycles. The highest BCUT2D eigenvalue weighted by atomic mass is 16.4. The largest absolute Gasteiger partial charge is 0.481 e. The number of aliphatic carboxylic acids is 1. The first-order valence-electron chi connectivity index (χ1n) is 5.46. The Kier molecular flexibility index (Phi) is 2.50. The maximum absolute atomic E-state index is 11.1. The van der Waals surface area contributed by atoms with E-state index in [9.17, 15) is 9.90 Å². The maximum atomic E-state index is 11.1. The third-order valence-electron chi connectivity index (χ3n) is 3.46. The fourth-order valence-electron chi connectivity index (χ4n) is 2.17. The third kappa shape index (κ3) is 1.61. The van der Waals surface area contributed by atoms with E-state index in [0.717, 1.165) is 16.7 Å². The van der Waals surface area contributed by atoms with E-state index in [1.54, 1.807) is 0 Å². The van der Waals surface area contributed by atoms with Gasteiger partial charge in [0.05, 0.1) is 11.5 Å². The summed E-state index contributed by atoms with van der Waals surface area (Å²) in [4.78, 5) is 11.1. The van der Waals surface area contributed by atoms with Crippen LogP contribution in [-0.4, -0.2) is 16.2 Å². The van der Waals surface area contributed by atoms with Crippen LogP contribution in [0.1, 0.15) is 35.6 Å². The Bertz CT molecular complexity index is 433. The van der Waals surface area contributed by atoms with Crippen LogP contribution >= 0.6 is 0 Å². The average molecular weight is 220 g/mol. The van der Waals surface area contributed by atoms with Gasteiger partial charge in [0, 0.05) is 0 Å². The molecular weight excluding hydrogens is 204 g/mol. The number of aliphatic hydroxyl groups is 1. The molecule has 16 heavy (non-hydrogen) atoms. The Morgan fingerprint density at radius 1 is 1.38 bits per heavy atom. The Morgan fingerprint density at radius 3 is 2.44 bits per heavy atom. The minimum Gasteiger partial charge on any atom is -0.481 e. The summed E-state index contributed by atoms with van der Waals surface area (Å²) in [5, 5.41) is 19.3. The highest BCUT2D eigenvalue weighted by Gasteiger charge is 2.56. The van der Waals surface area contributed by atoms with Crippen LogP contribution in [0.4, 0.5) is 0 Å². The summed E-state index contributed by atoms with van der Waals surface area (Å²) < 4.78 is 0. The number of rotatable bonds is 3. The van der Waals surface area contributed by atoms with Crippen LogP contribution in [0.15, 0.2) is 18.2 Å². The quantitative estimate of drug-likeness (QED) is 0.821. The van der Waals surface area contributed by atoms with E-state index < -0.39 is 17.5 Å². The number of carboxylic acids is 1. The predicted molar refractivity (Wildman–Crippen MR) is 60.2 cm³/mol. The van der Waals surface area contributed by atoms with Gasteiger partial charge < -0.3 is 10.2 Å². The first-order valence-corrected chi connectivity index (χ1v) is 5.46. The highest BCUT2D eigenvalue weighted by molar-refractivity contribution is 5.79. The van der Waals surface area contributed by atoms with E-state index >= 15 is 0 Å². The summed E-state index contributed by atoms with van der Waals surface area (Å²) in [5.41, 5.74) is 1.89. The van der Waals surface area contributed by atoms with Gasteiger partial charge in [0.2, 0.25) is 0 Å². The van der Waals surface area contributed by atoms with Crippen molar-refractivity contribution in [3.63, 3.8) is 0 Å². The van der Waals surface area contributed by atoms with Gasteiger partial charge in [0.1, 0.15) is 0 Å². The SMILES string of the molecule is Cc1ccc(C(O)C2(C(=O)O)CC2)c(C)c1. The van der Waals surface area contributed by atoms with Gasteiger partial charge in [-0.1, -0.05) is 23.8 Å². The van der Waals surface area contributed by atoms with E-state index in [1.165, 1.54) is 0 Å². The summed E-state index contributed by atoms with van der Waals surface area (Å²) >= 11 is 0. The molecule has 0 spiro atoms. The van der Waals surface area contributed by atoms with Gasteiger partial charge in [-0.05, 0) is 37.8 Å². The fraction of sp³-hybridized carbons (Fsp3) is 0.462. The molecule has 2 rings (SSSR count). The Morgan fingerprint density at radius 2 is 2.00 bits per heavy atom. The predicted octanol–water partition coefficient (Wildman–Crippen LogP) is 2.20. The number of carboxylic acid groups (broad SMARTS) is 1. The molecule has 3 heteroatoms. The molecule has 1 atom stereocenters. The van der Waals surface area contributed by atoms with E-state index in [-0.39, 0.29) is 0 Å². The monoisotopic (exact) mass is 220 g/mol. The van der Waals surface area contributed by atoms with E-state index in [2.05, 4.69) is 0 Å². The van der Waals surface area contributed by atoms with Crippen molar-refractivity contribution in [1.29, 1.82) is 0 Å². The molecule has 1 aliphatic carbocycles. The zero-order valence-corrected chi connectivity index (χ0v) is 9.53. The van der Waals surface area contributed by atoms with Crippen LogP contribution in [0, 0.1) is 19.3 Å². The van der Waals surface area contributed by atoms with Crippen molar-refractivity contribution in [3.05, 3.63) is 34.9 Å². The second-order valence-corrected chi connectivity index (χ2v) is 4.72. The molecule has 0 heterocycles. The van der Waals surface area contributed by atoms with Crippen molar-refractivity contribution in [3.8, 4) is 0 Å². The molecule has 2 N–H and O–H groups in total. The first kappa shape index (κ1) is 11.1. The van der Waals surface area contributed by atoms with Gasteiger partial charge in [0.25, 0.3) is 0 Å². The number of hydrogen-bond donors (Lipinski definition) is 2. The van der Waals surface area contributed by atoms with Gasteiger partial charge in [-0.25, -0.2) is 0 Å². The second kappa shape index (κ2) is 3.59. The highest BCUT2D eigenvalue weighted by Crippen LogP contribution is 2.55. The lowest BCUT2D eigenvalue weighted by Crippen LogP contribution is -2.24.